The van der Waals surface area contributed by atoms with Crippen molar-refractivity contribution in [2.75, 3.05) is 12.4 Å². The largest absolute Gasteiger partial charge is 0.467 e. The average molecular weight is 328 g/mol. The minimum absolute atomic E-state index is 0.156. The number of anilines is 1. The Morgan fingerprint density at radius 2 is 1.76 bits per heavy atom. The van der Waals surface area contributed by atoms with E-state index < -0.39 is 17.8 Å². The molecule has 0 amide bonds. The number of hydrogen-bond donors (Lipinski definition) is 1. The van der Waals surface area contributed by atoms with Crippen LogP contribution in [0.2, 0.25) is 10.0 Å². The van der Waals surface area contributed by atoms with E-state index in [9.17, 15) is 9.18 Å². The second-order valence-corrected chi connectivity index (χ2v) is 5.03. The van der Waals surface area contributed by atoms with Crippen LogP contribution in [0.3, 0.4) is 0 Å². The van der Waals surface area contributed by atoms with Gasteiger partial charge in [-0.25, -0.2) is 9.18 Å². The molecule has 1 atom stereocenters. The molecule has 6 heteroatoms. The van der Waals surface area contributed by atoms with Crippen LogP contribution in [0.5, 0.6) is 0 Å². The molecule has 0 saturated carbocycles. The van der Waals surface area contributed by atoms with Gasteiger partial charge in [-0.3, -0.25) is 0 Å². The SMILES string of the molecule is COC(=O)C(Nc1ccccc1F)c1c(Cl)cccc1Cl. The molecule has 0 heterocycles. The molecule has 1 unspecified atom stereocenters. The maximum absolute atomic E-state index is 13.8. The van der Waals surface area contributed by atoms with Gasteiger partial charge in [-0.1, -0.05) is 41.4 Å². The van der Waals surface area contributed by atoms with Crippen molar-refractivity contribution in [3.05, 3.63) is 63.9 Å². The zero-order valence-electron chi connectivity index (χ0n) is 11.1. The quantitative estimate of drug-likeness (QED) is 0.842. The fourth-order valence-corrected chi connectivity index (χ4v) is 2.50. The Balaban J connectivity index is 2.45. The Labute approximate surface area is 131 Å². The van der Waals surface area contributed by atoms with Crippen molar-refractivity contribution in [3.63, 3.8) is 0 Å². The van der Waals surface area contributed by atoms with Gasteiger partial charge in [0.15, 0.2) is 6.04 Å². The number of benzene rings is 2. The Kier molecular flexibility index (Phi) is 5.04. The predicted molar refractivity (Wildman–Crippen MR) is 81.2 cm³/mol. The fourth-order valence-electron chi connectivity index (χ4n) is 1.89. The Hall–Kier alpha value is -1.78. The van der Waals surface area contributed by atoms with Gasteiger partial charge < -0.3 is 10.1 Å². The lowest BCUT2D eigenvalue weighted by molar-refractivity contribution is -0.141. The summed E-state index contributed by atoms with van der Waals surface area (Å²) < 4.78 is 18.5. The van der Waals surface area contributed by atoms with Crippen LogP contribution in [-0.4, -0.2) is 13.1 Å². The normalized spacial score (nSPS) is 11.8. The number of nitrogens with one attached hydrogen (secondary N) is 1. The highest BCUT2D eigenvalue weighted by Crippen LogP contribution is 2.33. The van der Waals surface area contributed by atoms with Crippen LogP contribution in [0.1, 0.15) is 11.6 Å². The molecular weight excluding hydrogens is 316 g/mol. The first-order chi connectivity index (χ1) is 10.0. The van der Waals surface area contributed by atoms with E-state index in [1.807, 2.05) is 0 Å². The van der Waals surface area contributed by atoms with Crippen molar-refractivity contribution < 1.29 is 13.9 Å². The molecule has 2 aromatic carbocycles. The first-order valence-electron chi connectivity index (χ1n) is 6.07. The predicted octanol–water partition coefficient (Wildman–Crippen LogP) is 4.46. The number of esters is 1. The number of carbonyl (C=O) groups is 1. The van der Waals surface area contributed by atoms with Gasteiger partial charge in [-0.15, -0.1) is 0 Å². The summed E-state index contributed by atoms with van der Waals surface area (Å²) in [5, 5.41) is 3.36. The van der Waals surface area contributed by atoms with Crippen LogP contribution >= 0.6 is 23.2 Å². The van der Waals surface area contributed by atoms with E-state index in [0.717, 1.165) is 0 Å². The summed E-state index contributed by atoms with van der Waals surface area (Å²) >= 11 is 12.2. The minimum atomic E-state index is -1.01. The first kappa shape index (κ1) is 15.6. The molecule has 110 valence electrons. The van der Waals surface area contributed by atoms with Gasteiger partial charge in [-0.05, 0) is 24.3 Å². The highest BCUT2D eigenvalue weighted by atomic mass is 35.5. The van der Waals surface area contributed by atoms with Gasteiger partial charge in [0.05, 0.1) is 12.8 Å². The van der Waals surface area contributed by atoms with E-state index in [1.54, 1.807) is 30.3 Å². The van der Waals surface area contributed by atoms with E-state index in [-0.39, 0.29) is 5.69 Å². The summed E-state index contributed by atoms with van der Waals surface area (Å²) in [6, 6.07) is 9.84. The van der Waals surface area contributed by atoms with Crippen LogP contribution in [0, 0.1) is 5.82 Å². The second kappa shape index (κ2) is 6.78. The topological polar surface area (TPSA) is 38.3 Å². The first-order valence-corrected chi connectivity index (χ1v) is 6.83. The molecule has 0 radical (unpaired) electrons. The second-order valence-electron chi connectivity index (χ2n) is 4.22. The third kappa shape index (κ3) is 3.46. The maximum Gasteiger partial charge on any atom is 0.333 e. The third-order valence-electron chi connectivity index (χ3n) is 2.90. The molecule has 0 aliphatic heterocycles. The summed E-state index contributed by atoms with van der Waals surface area (Å²) in [6.45, 7) is 0. The van der Waals surface area contributed by atoms with Crippen molar-refractivity contribution in [2.45, 2.75) is 6.04 Å². The van der Waals surface area contributed by atoms with Crippen molar-refractivity contribution in [2.24, 2.45) is 0 Å². The van der Waals surface area contributed by atoms with Gasteiger partial charge in [0.25, 0.3) is 0 Å². The van der Waals surface area contributed by atoms with Crippen molar-refractivity contribution in [1.82, 2.24) is 0 Å². The van der Waals surface area contributed by atoms with Crippen LogP contribution < -0.4 is 5.32 Å². The van der Waals surface area contributed by atoms with E-state index in [2.05, 4.69) is 5.32 Å². The van der Waals surface area contributed by atoms with Crippen LogP contribution in [0.25, 0.3) is 0 Å². The molecule has 3 nitrogen and oxygen atoms in total. The van der Waals surface area contributed by atoms with Gasteiger partial charge in [0, 0.05) is 15.6 Å². The van der Waals surface area contributed by atoms with Gasteiger partial charge in [-0.2, -0.15) is 0 Å². The Morgan fingerprint density at radius 3 is 2.33 bits per heavy atom. The molecule has 0 bridgehead atoms. The molecule has 21 heavy (non-hydrogen) atoms. The van der Waals surface area contributed by atoms with E-state index in [4.69, 9.17) is 27.9 Å². The van der Waals surface area contributed by atoms with E-state index in [0.29, 0.717) is 15.6 Å². The molecule has 0 aromatic heterocycles. The Morgan fingerprint density at radius 1 is 1.14 bits per heavy atom. The molecule has 2 aromatic rings. The third-order valence-corrected chi connectivity index (χ3v) is 3.56. The number of methoxy groups -OCH3 is 1. The lowest BCUT2D eigenvalue weighted by atomic mass is 10.1. The van der Waals surface area contributed by atoms with Gasteiger partial charge in [0.1, 0.15) is 5.82 Å². The molecule has 0 fully saturated rings. The van der Waals surface area contributed by atoms with Gasteiger partial charge in [0.2, 0.25) is 0 Å². The summed E-state index contributed by atoms with van der Waals surface area (Å²) in [6.07, 6.45) is 0. The van der Waals surface area contributed by atoms with Crippen molar-refractivity contribution in [3.8, 4) is 0 Å². The zero-order chi connectivity index (χ0) is 15.4. The zero-order valence-corrected chi connectivity index (χ0v) is 12.6. The van der Waals surface area contributed by atoms with Crippen LogP contribution in [0.4, 0.5) is 10.1 Å². The molecule has 0 saturated heterocycles. The number of hydrogen-bond acceptors (Lipinski definition) is 3. The monoisotopic (exact) mass is 327 g/mol. The molecule has 0 aliphatic carbocycles. The highest BCUT2D eigenvalue weighted by Gasteiger charge is 2.26. The number of para-hydroxylation sites is 1. The summed E-state index contributed by atoms with van der Waals surface area (Å²) in [5.74, 6) is -1.11. The molecule has 0 spiro atoms. The Bertz CT molecular complexity index is 644. The summed E-state index contributed by atoms with van der Waals surface area (Å²) in [5.41, 5.74) is 0.500. The summed E-state index contributed by atoms with van der Waals surface area (Å²) in [4.78, 5) is 12.0. The standard InChI is InChI=1S/C15H12Cl2FNO2/c1-21-15(20)14(13-9(16)5-4-6-10(13)17)19-12-8-3-2-7-11(12)18/h2-8,14,19H,1H3. The number of rotatable bonds is 4. The molecule has 0 aliphatic rings. The average Bonchev–Trinajstić information content (AvgIpc) is 2.47. The lowest BCUT2D eigenvalue weighted by Crippen LogP contribution is -2.23. The number of carbonyl (C=O) groups excluding carboxylic acids is 1. The van der Waals surface area contributed by atoms with Crippen LogP contribution in [0.15, 0.2) is 42.5 Å². The smallest absolute Gasteiger partial charge is 0.333 e. The van der Waals surface area contributed by atoms with Gasteiger partial charge >= 0.3 is 5.97 Å². The maximum atomic E-state index is 13.8. The number of ether oxygens (including phenoxy) is 1. The summed E-state index contributed by atoms with van der Waals surface area (Å²) in [7, 11) is 1.24. The molecule has 2 rings (SSSR count). The van der Waals surface area contributed by atoms with Crippen molar-refractivity contribution in [1.29, 1.82) is 0 Å². The molecule has 1 N–H and O–H groups in total. The molecular formula is C15H12Cl2FNO2. The number of halogens is 3. The van der Waals surface area contributed by atoms with E-state index in [1.165, 1.54) is 19.2 Å². The van der Waals surface area contributed by atoms with E-state index >= 15 is 0 Å². The van der Waals surface area contributed by atoms with Crippen molar-refractivity contribution >= 4 is 34.9 Å². The fraction of sp³-hybridized carbons (Fsp3) is 0.133. The highest BCUT2D eigenvalue weighted by molar-refractivity contribution is 6.36. The lowest BCUT2D eigenvalue weighted by Gasteiger charge is -2.20. The minimum Gasteiger partial charge on any atom is -0.467 e. The van der Waals surface area contributed by atoms with Crippen LogP contribution in [-0.2, 0) is 9.53 Å².